The van der Waals surface area contributed by atoms with Gasteiger partial charge in [0.1, 0.15) is 5.75 Å². The van der Waals surface area contributed by atoms with Crippen molar-refractivity contribution >= 4 is 17.5 Å². The highest BCUT2D eigenvalue weighted by Crippen LogP contribution is 2.21. The first kappa shape index (κ1) is 18.9. The minimum atomic E-state index is -0.125. The fourth-order valence-corrected chi connectivity index (χ4v) is 3.21. The Morgan fingerprint density at radius 3 is 2.52 bits per heavy atom. The molecule has 6 nitrogen and oxygen atoms in total. The third kappa shape index (κ3) is 5.29. The summed E-state index contributed by atoms with van der Waals surface area (Å²) in [4.78, 5) is 29.8. The summed E-state index contributed by atoms with van der Waals surface area (Å²) in [5, 5.41) is 2.71. The maximum Gasteiger partial charge on any atom is 0.253 e. The van der Waals surface area contributed by atoms with Gasteiger partial charge in [-0.05, 0) is 56.0 Å². The van der Waals surface area contributed by atoms with Crippen molar-refractivity contribution in [1.82, 2.24) is 9.88 Å². The summed E-state index contributed by atoms with van der Waals surface area (Å²) in [5.74, 6) is 1.21. The van der Waals surface area contributed by atoms with Crippen molar-refractivity contribution in [2.75, 3.05) is 25.0 Å². The molecule has 2 aromatic rings. The van der Waals surface area contributed by atoms with Gasteiger partial charge in [-0.25, -0.2) is 0 Å². The van der Waals surface area contributed by atoms with E-state index in [4.69, 9.17) is 4.74 Å². The number of hydrogen-bond donors (Lipinski definition) is 1. The van der Waals surface area contributed by atoms with Crippen molar-refractivity contribution in [2.24, 2.45) is 5.92 Å². The smallest absolute Gasteiger partial charge is 0.253 e. The van der Waals surface area contributed by atoms with Crippen molar-refractivity contribution in [3.8, 4) is 5.75 Å². The number of carbonyl (C=O) groups excluding carboxylic acids is 2. The van der Waals surface area contributed by atoms with Crippen LogP contribution in [0.1, 0.15) is 35.8 Å². The fourth-order valence-electron chi connectivity index (χ4n) is 3.21. The van der Waals surface area contributed by atoms with Crippen LogP contribution in [-0.2, 0) is 4.79 Å². The maximum atomic E-state index is 12.7. The minimum Gasteiger partial charge on any atom is -0.493 e. The zero-order valence-electron chi connectivity index (χ0n) is 15.8. The van der Waals surface area contributed by atoms with Crippen LogP contribution in [0, 0.1) is 12.8 Å². The highest BCUT2D eigenvalue weighted by molar-refractivity contribution is 5.95. The molecule has 2 heterocycles. The standard InChI is InChI=1S/C21H25N3O3/c1-15-13-20(7-10-22-15)27-14-17-8-11-24(12-9-17)21(26)18-3-5-19(6-4-18)23-16(2)25/h3-7,10,13,17H,8-9,11-12,14H2,1-2H3,(H,23,25). The Morgan fingerprint density at radius 2 is 1.89 bits per heavy atom. The number of anilines is 1. The fraction of sp³-hybridized carbons (Fsp3) is 0.381. The number of rotatable bonds is 5. The van der Waals surface area contributed by atoms with Crippen LogP contribution in [0.4, 0.5) is 5.69 Å². The van der Waals surface area contributed by atoms with Gasteiger partial charge in [0.15, 0.2) is 0 Å². The lowest BCUT2D eigenvalue weighted by molar-refractivity contribution is -0.114. The van der Waals surface area contributed by atoms with Crippen LogP contribution in [0.15, 0.2) is 42.6 Å². The number of aryl methyl sites for hydroxylation is 1. The monoisotopic (exact) mass is 367 g/mol. The molecular weight excluding hydrogens is 342 g/mol. The largest absolute Gasteiger partial charge is 0.493 e. The molecular formula is C21H25N3O3. The van der Waals surface area contributed by atoms with E-state index in [2.05, 4.69) is 10.3 Å². The van der Waals surface area contributed by atoms with Crippen LogP contribution in [0.2, 0.25) is 0 Å². The molecule has 1 aromatic carbocycles. The molecule has 0 spiro atoms. The summed E-state index contributed by atoms with van der Waals surface area (Å²) in [7, 11) is 0. The molecule has 3 rings (SSSR count). The van der Waals surface area contributed by atoms with Crippen LogP contribution >= 0.6 is 0 Å². The van der Waals surface area contributed by atoms with Crippen molar-refractivity contribution < 1.29 is 14.3 Å². The predicted octanol–water partition coefficient (Wildman–Crippen LogP) is 3.28. The number of piperidine rings is 1. The molecule has 0 aliphatic carbocycles. The minimum absolute atomic E-state index is 0.0356. The van der Waals surface area contributed by atoms with E-state index >= 15 is 0 Å². The molecule has 2 amide bonds. The summed E-state index contributed by atoms with van der Waals surface area (Å²) in [6, 6.07) is 10.8. The Kier molecular flexibility index (Phi) is 6.06. The summed E-state index contributed by atoms with van der Waals surface area (Å²) in [6.45, 7) is 5.53. The zero-order chi connectivity index (χ0) is 19.2. The molecule has 1 aliphatic rings. The van der Waals surface area contributed by atoms with Crippen molar-refractivity contribution in [1.29, 1.82) is 0 Å². The van der Waals surface area contributed by atoms with Crippen molar-refractivity contribution in [3.63, 3.8) is 0 Å². The first-order chi connectivity index (χ1) is 13.0. The number of hydrogen-bond acceptors (Lipinski definition) is 4. The maximum absolute atomic E-state index is 12.7. The Hall–Kier alpha value is -2.89. The summed E-state index contributed by atoms with van der Waals surface area (Å²) < 4.78 is 5.87. The van der Waals surface area contributed by atoms with Gasteiger partial charge < -0.3 is 15.0 Å². The molecule has 142 valence electrons. The van der Waals surface area contributed by atoms with E-state index < -0.39 is 0 Å². The zero-order valence-corrected chi connectivity index (χ0v) is 15.8. The molecule has 1 saturated heterocycles. The highest BCUT2D eigenvalue weighted by Gasteiger charge is 2.24. The second-order valence-corrected chi connectivity index (χ2v) is 6.94. The Bertz CT molecular complexity index is 797. The van der Waals surface area contributed by atoms with Crippen LogP contribution in [-0.4, -0.2) is 41.4 Å². The number of nitrogens with zero attached hydrogens (tertiary/aromatic N) is 2. The molecule has 27 heavy (non-hydrogen) atoms. The van der Waals surface area contributed by atoms with Gasteiger partial charge in [-0.3, -0.25) is 14.6 Å². The molecule has 0 radical (unpaired) electrons. The van der Waals surface area contributed by atoms with E-state index in [1.54, 1.807) is 30.5 Å². The number of benzene rings is 1. The van der Waals surface area contributed by atoms with Gasteiger partial charge in [0.2, 0.25) is 5.91 Å². The van der Waals surface area contributed by atoms with Crippen molar-refractivity contribution in [3.05, 3.63) is 53.9 Å². The van der Waals surface area contributed by atoms with Gasteiger partial charge in [-0.1, -0.05) is 0 Å². The Balaban J connectivity index is 1.48. The summed E-state index contributed by atoms with van der Waals surface area (Å²) >= 11 is 0. The lowest BCUT2D eigenvalue weighted by atomic mass is 9.97. The average Bonchev–Trinajstić information content (AvgIpc) is 2.66. The third-order valence-corrected chi connectivity index (χ3v) is 4.71. The number of aromatic nitrogens is 1. The molecule has 1 aromatic heterocycles. The Morgan fingerprint density at radius 1 is 1.19 bits per heavy atom. The van der Waals surface area contributed by atoms with E-state index in [0.717, 1.165) is 37.4 Å². The second-order valence-electron chi connectivity index (χ2n) is 6.94. The normalized spacial score (nSPS) is 14.7. The third-order valence-electron chi connectivity index (χ3n) is 4.71. The second kappa shape index (κ2) is 8.66. The Labute approximate surface area is 159 Å². The number of pyridine rings is 1. The van der Waals surface area contributed by atoms with E-state index in [-0.39, 0.29) is 11.8 Å². The molecule has 1 N–H and O–H groups in total. The molecule has 6 heteroatoms. The first-order valence-corrected chi connectivity index (χ1v) is 9.23. The number of amides is 2. The van der Waals surface area contributed by atoms with E-state index in [1.807, 2.05) is 24.0 Å². The van der Waals surface area contributed by atoms with Crippen molar-refractivity contribution in [2.45, 2.75) is 26.7 Å². The van der Waals surface area contributed by atoms with Gasteiger partial charge in [-0.2, -0.15) is 0 Å². The molecule has 0 bridgehead atoms. The van der Waals surface area contributed by atoms with E-state index in [9.17, 15) is 9.59 Å². The van der Waals surface area contributed by atoms with Gasteiger partial charge in [-0.15, -0.1) is 0 Å². The molecule has 0 saturated carbocycles. The molecule has 0 unspecified atom stereocenters. The van der Waals surface area contributed by atoms with Crippen LogP contribution in [0.25, 0.3) is 0 Å². The topological polar surface area (TPSA) is 71.5 Å². The van der Waals surface area contributed by atoms with Gasteiger partial charge in [0.05, 0.1) is 6.61 Å². The molecule has 0 atom stereocenters. The van der Waals surface area contributed by atoms with Crippen LogP contribution in [0.3, 0.4) is 0 Å². The van der Waals surface area contributed by atoms with Crippen LogP contribution in [0.5, 0.6) is 5.75 Å². The van der Waals surface area contributed by atoms with Crippen LogP contribution < -0.4 is 10.1 Å². The SMILES string of the molecule is CC(=O)Nc1ccc(C(=O)N2CCC(COc3ccnc(C)c3)CC2)cc1. The first-order valence-electron chi connectivity index (χ1n) is 9.23. The number of carbonyl (C=O) groups is 2. The molecule has 1 fully saturated rings. The van der Waals surface area contributed by atoms with Gasteiger partial charge in [0.25, 0.3) is 5.91 Å². The lowest BCUT2D eigenvalue weighted by Crippen LogP contribution is -2.39. The lowest BCUT2D eigenvalue weighted by Gasteiger charge is -2.32. The number of ether oxygens (including phenoxy) is 1. The average molecular weight is 367 g/mol. The number of nitrogens with one attached hydrogen (secondary N) is 1. The summed E-state index contributed by atoms with van der Waals surface area (Å²) in [5.41, 5.74) is 2.28. The molecule has 1 aliphatic heterocycles. The number of likely N-dealkylation sites (tertiary alicyclic amines) is 1. The van der Waals surface area contributed by atoms with E-state index in [0.29, 0.717) is 23.8 Å². The quantitative estimate of drug-likeness (QED) is 0.880. The highest BCUT2D eigenvalue weighted by atomic mass is 16.5. The summed E-state index contributed by atoms with van der Waals surface area (Å²) in [6.07, 6.45) is 3.61. The predicted molar refractivity (Wildman–Crippen MR) is 104 cm³/mol. The van der Waals surface area contributed by atoms with Gasteiger partial charge >= 0.3 is 0 Å². The van der Waals surface area contributed by atoms with E-state index in [1.165, 1.54) is 6.92 Å². The van der Waals surface area contributed by atoms with Gasteiger partial charge in [0, 0.05) is 49.2 Å².